The van der Waals surface area contributed by atoms with Crippen molar-refractivity contribution in [2.45, 2.75) is 6.92 Å². The van der Waals surface area contributed by atoms with Crippen LogP contribution in [0.5, 0.6) is 11.5 Å². The van der Waals surface area contributed by atoms with Crippen molar-refractivity contribution >= 4 is 34.3 Å². The highest BCUT2D eigenvalue weighted by atomic mass is 32.1. The quantitative estimate of drug-likeness (QED) is 0.304. The number of phenols is 1. The van der Waals surface area contributed by atoms with Crippen molar-refractivity contribution in [3.8, 4) is 28.7 Å². The minimum absolute atomic E-state index is 0.0776. The second-order valence-corrected chi connectivity index (χ2v) is 7.40. The smallest absolute Gasteiger partial charge is 0.341 e. The number of anilines is 1. The van der Waals surface area contributed by atoms with Gasteiger partial charge < -0.3 is 19.9 Å². The number of thiophene rings is 1. The summed E-state index contributed by atoms with van der Waals surface area (Å²) in [6.45, 7) is 1.87. The molecular weight excluding hydrogens is 428 g/mol. The Morgan fingerprint density at radius 2 is 1.84 bits per heavy atom. The number of carbonyl (C=O) groups is 2. The zero-order valence-corrected chi connectivity index (χ0v) is 18.2. The van der Waals surface area contributed by atoms with E-state index in [0.29, 0.717) is 16.9 Å². The average Bonchev–Trinajstić information content (AvgIpc) is 3.22. The molecule has 0 saturated carbocycles. The number of nitrogens with one attached hydrogen (secondary N) is 1. The molecule has 3 aromatic rings. The first-order chi connectivity index (χ1) is 15.5. The summed E-state index contributed by atoms with van der Waals surface area (Å²) in [5, 5.41) is 23.5. The molecule has 0 aliphatic carbocycles. The normalized spacial score (nSPS) is 10.8. The number of nitrogens with zero attached hydrogens (tertiary/aromatic N) is 1. The standard InChI is InChI=1S/C24H20N2O5S/c1-3-31-24(29)21-20(16-6-10-19(30-2)11-7-16)14-32-23(21)26-22(28)17(13-25)12-15-4-8-18(27)9-5-15/h4-12,14,27H,3H2,1-2H3,(H,26,28). The van der Waals surface area contributed by atoms with Crippen molar-refractivity contribution in [2.75, 3.05) is 19.0 Å². The summed E-state index contributed by atoms with van der Waals surface area (Å²) in [4.78, 5) is 25.5. The number of benzene rings is 2. The van der Waals surface area contributed by atoms with Crippen LogP contribution in [-0.4, -0.2) is 30.7 Å². The summed E-state index contributed by atoms with van der Waals surface area (Å²) in [5.74, 6) is -0.479. The van der Waals surface area contributed by atoms with Gasteiger partial charge in [0.25, 0.3) is 5.91 Å². The number of aromatic hydroxyl groups is 1. The number of esters is 1. The zero-order chi connectivity index (χ0) is 23.1. The van der Waals surface area contributed by atoms with E-state index in [0.717, 1.165) is 5.56 Å². The lowest BCUT2D eigenvalue weighted by Gasteiger charge is -2.09. The minimum atomic E-state index is -0.658. The lowest BCUT2D eigenvalue weighted by atomic mass is 10.0. The molecule has 0 fully saturated rings. The summed E-state index contributed by atoms with van der Waals surface area (Å²) < 4.78 is 10.4. The highest BCUT2D eigenvalue weighted by Crippen LogP contribution is 2.37. The van der Waals surface area contributed by atoms with E-state index in [1.54, 1.807) is 55.8 Å². The second-order valence-electron chi connectivity index (χ2n) is 6.52. The van der Waals surface area contributed by atoms with E-state index in [9.17, 15) is 20.0 Å². The van der Waals surface area contributed by atoms with Crippen LogP contribution in [-0.2, 0) is 9.53 Å². The minimum Gasteiger partial charge on any atom is -0.508 e. The SMILES string of the molecule is CCOC(=O)c1c(-c2ccc(OC)cc2)csc1NC(=O)C(C#N)=Cc1ccc(O)cc1. The van der Waals surface area contributed by atoms with E-state index in [2.05, 4.69) is 5.32 Å². The first-order valence-corrected chi connectivity index (χ1v) is 10.5. The lowest BCUT2D eigenvalue weighted by molar-refractivity contribution is -0.112. The van der Waals surface area contributed by atoms with Gasteiger partial charge >= 0.3 is 5.97 Å². The van der Waals surface area contributed by atoms with Crippen molar-refractivity contribution in [3.63, 3.8) is 0 Å². The van der Waals surface area contributed by atoms with Gasteiger partial charge in [0.05, 0.1) is 13.7 Å². The van der Waals surface area contributed by atoms with Crippen LogP contribution in [0.15, 0.2) is 59.5 Å². The molecule has 0 radical (unpaired) electrons. The second kappa shape index (κ2) is 10.3. The van der Waals surface area contributed by atoms with Crippen LogP contribution < -0.4 is 10.1 Å². The van der Waals surface area contributed by atoms with Crippen molar-refractivity contribution in [1.29, 1.82) is 5.26 Å². The third kappa shape index (κ3) is 5.14. The summed E-state index contributed by atoms with van der Waals surface area (Å²) in [6, 6.07) is 15.1. The van der Waals surface area contributed by atoms with Gasteiger partial charge in [-0.2, -0.15) is 5.26 Å². The number of methoxy groups -OCH3 is 1. The fraction of sp³-hybridized carbons (Fsp3) is 0.125. The van der Waals surface area contributed by atoms with Crippen LogP contribution in [0.1, 0.15) is 22.8 Å². The third-order valence-electron chi connectivity index (χ3n) is 4.47. The number of phenolic OH excluding ortho intramolecular Hbond substituents is 1. The Labute approximate surface area is 189 Å². The zero-order valence-electron chi connectivity index (χ0n) is 17.4. The van der Waals surface area contributed by atoms with Gasteiger partial charge in [-0.3, -0.25) is 4.79 Å². The van der Waals surface area contributed by atoms with Crippen LogP contribution in [0.4, 0.5) is 5.00 Å². The van der Waals surface area contributed by atoms with E-state index in [4.69, 9.17) is 9.47 Å². The highest BCUT2D eigenvalue weighted by Gasteiger charge is 2.23. The van der Waals surface area contributed by atoms with E-state index >= 15 is 0 Å². The highest BCUT2D eigenvalue weighted by molar-refractivity contribution is 7.15. The van der Waals surface area contributed by atoms with Crippen molar-refractivity contribution < 1.29 is 24.2 Å². The van der Waals surface area contributed by atoms with Crippen molar-refractivity contribution in [3.05, 3.63) is 70.6 Å². The first kappa shape index (κ1) is 22.6. The molecule has 7 nitrogen and oxygen atoms in total. The fourth-order valence-corrected chi connectivity index (χ4v) is 3.85. The molecule has 0 bridgehead atoms. The fourth-order valence-electron chi connectivity index (χ4n) is 2.90. The topological polar surface area (TPSA) is 109 Å². The van der Waals surface area contributed by atoms with Gasteiger partial charge in [-0.1, -0.05) is 24.3 Å². The first-order valence-electron chi connectivity index (χ1n) is 9.62. The predicted molar refractivity (Wildman–Crippen MR) is 123 cm³/mol. The number of carbonyl (C=O) groups excluding carboxylic acids is 2. The molecular formula is C24H20N2O5S. The van der Waals surface area contributed by atoms with Crippen molar-refractivity contribution in [2.24, 2.45) is 0 Å². The van der Waals surface area contributed by atoms with Gasteiger partial charge in [0.2, 0.25) is 0 Å². The van der Waals surface area contributed by atoms with Crippen molar-refractivity contribution in [1.82, 2.24) is 0 Å². The van der Waals surface area contributed by atoms with Crippen LogP contribution in [0.25, 0.3) is 17.2 Å². The van der Waals surface area contributed by atoms with Crippen LogP contribution >= 0.6 is 11.3 Å². The van der Waals surface area contributed by atoms with Gasteiger partial charge in [-0.05, 0) is 48.4 Å². The number of amides is 1. The average molecular weight is 449 g/mol. The van der Waals surface area contributed by atoms with E-state index in [1.807, 2.05) is 6.07 Å². The molecule has 0 aliphatic rings. The predicted octanol–water partition coefficient (Wildman–Crippen LogP) is 4.85. The maximum Gasteiger partial charge on any atom is 0.341 e. The summed E-state index contributed by atoms with van der Waals surface area (Å²) in [6.07, 6.45) is 1.40. The number of hydrogen-bond acceptors (Lipinski definition) is 7. The number of hydrogen-bond donors (Lipinski definition) is 2. The number of nitriles is 1. The van der Waals surface area contributed by atoms with Crippen LogP contribution in [0.3, 0.4) is 0 Å². The molecule has 162 valence electrons. The van der Waals surface area contributed by atoms with Crippen LogP contribution in [0, 0.1) is 11.3 Å². The molecule has 32 heavy (non-hydrogen) atoms. The lowest BCUT2D eigenvalue weighted by Crippen LogP contribution is -2.16. The van der Waals surface area contributed by atoms with Crippen LogP contribution in [0.2, 0.25) is 0 Å². The summed E-state index contributed by atoms with van der Waals surface area (Å²) >= 11 is 1.17. The molecule has 2 aromatic carbocycles. The summed E-state index contributed by atoms with van der Waals surface area (Å²) in [5.41, 5.74) is 2.01. The largest absolute Gasteiger partial charge is 0.508 e. The molecule has 0 spiro atoms. The maximum atomic E-state index is 12.8. The van der Waals surface area contributed by atoms with E-state index < -0.39 is 11.9 Å². The van der Waals surface area contributed by atoms with Gasteiger partial charge in [-0.15, -0.1) is 11.3 Å². The Morgan fingerprint density at radius 3 is 2.44 bits per heavy atom. The molecule has 2 N–H and O–H groups in total. The Balaban J connectivity index is 1.95. The van der Waals surface area contributed by atoms with Gasteiger partial charge in [0.15, 0.2) is 0 Å². The molecule has 0 atom stereocenters. The Bertz CT molecular complexity index is 1190. The number of rotatable bonds is 7. The van der Waals surface area contributed by atoms with E-state index in [-0.39, 0.29) is 28.5 Å². The Morgan fingerprint density at radius 1 is 1.16 bits per heavy atom. The third-order valence-corrected chi connectivity index (χ3v) is 5.36. The van der Waals surface area contributed by atoms with Gasteiger partial charge in [0.1, 0.15) is 33.7 Å². The Kier molecular flexibility index (Phi) is 7.26. The van der Waals surface area contributed by atoms with E-state index in [1.165, 1.54) is 29.5 Å². The molecule has 8 heteroatoms. The van der Waals surface area contributed by atoms with Gasteiger partial charge in [-0.25, -0.2) is 4.79 Å². The number of ether oxygens (including phenoxy) is 2. The summed E-state index contributed by atoms with van der Waals surface area (Å²) in [7, 11) is 1.57. The van der Waals surface area contributed by atoms with Gasteiger partial charge in [0, 0.05) is 10.9 Å². The monoisotopic (exact) mass is 448 g/mol. The molecule has 0 saturated heterocycles. The molecule has 3 rings (SSSR count). The Hall–Kier alpha value is -4.09. The molecule has 1 amide bonds. The molecule has 1 heterocycles. The molecule has 0 aliphatic heterocycles. The maximum absolute atomic E-state index is 12.8. The molecule has 0 unspecified atom stereocenters. The molecule has 1 aromatic heterocycles.